The van der Waals surface area contributed by atoms with Crippen molar-refractivity contribution in [3.63, 3.8) is 0 Å². The number of rotatable bonds is 0. The molecule has 0 unspecified atom stereocenters. The largest absolute Gasteiger partial charge is 1.00 e. The van der Waals surface area contributed by atoms with Crippen LogP contribution in [-0.2, 0) is 0 Å². The maximum atomic E-state index is 8.91. The van der Waals surface area contributed by atoms with Crippen molar-refractivity contribution >= 4 is 9.05 Å². The van der Waals surface area contributed by atoms with Crippen LogP contribution >= 0.6 is 0 Å². The zero-order valence-electron chi connectivity index (χ0n) is 4.70. The van der Waals surface area contributed by atoms with Gasteiger partial charge in [-0.2, -0.15) is 0 Å². The molecule has 0 fully saturated rings. The normalized spacial score (nSPS) is 7.50. The zero-order chi connectivity index (χ0) is 4.50. The third kappa shape index (κ3) is 59.0. The maximum absolute atomic E-state index is 8.91. The minimum atomic E-state index is -4.86. The van der Waals surface area contributed by atoms with E-state index < -0.39 is 9.05 Å². The molecule has 5 nitrogen and oxygen atoms in total. The summed E-state index contributed by atoms with van der Waals surface area (Å²) in [5.41, 5.74) is 0. The fourth-order valence-corrected chi connectivity index (χ4v) is 0. The van der Waals surface area contributed by atoms with Crippen LogP contribution in [0, 0.1) is 0 Å². The van der Waals surface area contributed by atoms with Gasteiger partial charge in [-0.15, -0.1) is 0 Å². The van der Waals surface area contributed by atoms with Crippen LogP contribution in [0.4, 0.5) is 0 Å². The molecule has 0 aliphatic heterocycles. The van der Waals surface area contributed by atoms with Crippen molar-refractivity contribution in [2.45, 2.75) is 0 Å². The van der Waals surface area contributed by atoms with Gasteiger partial charge < -0.3 is 24.7 Å². The van der Waals surface area contributed by atoms with Gasteiger partial charge >= 0.3 is 112 Å². The minimum Gasteiger partial charge on any atom is -0.870 e. The van der Waals surface area contributed by atoms with E-state index in [1.807, 2.05) is 0 Å². The first-order valence-corrected chi connectivity index (χ1v) is 2.62. The Morgan fingerprint density at radius 1 is 1.00 bits per heavy atom. The van der Waals surface area contributed by atoms with Crippen molar-refractivity contribution in [3.8, 4) is 0 Å². The topological polar surface area (TPSA) is 114 Å². The van der Waals surface area contributed by atoms with Crippen LogP contribution in [0.5, 0.6) is 0 Å². The molecule has 0 aromatic carbocycles. The zero-order valence-corrected chi connectivity index (χ0v) is 11.9. The van der Waals surface area contributed by atoms with Gasteiger partial charge in [0.15, 0.2) is 0 Å². The number of hydrogen-bond acceptors (Lipinski definition) is 5. The molecule has 0 bridgehead atoms. The van der Waals surface area contributed by atoms with E-state index in [0.29, 0.717) is 0 Å². The van der Waals surface area contributed by atoms with E-state index in [9.17, 15) is 0 Å². The summed E-state index contributed by atoms with van der Waals surface area (Å²) in [5.74, 6) is 0. The molecule has 0 saturated carbocycles. The first kappa shape index (κ1) is 22.5. The summed E-state index contributed by atoms with van der Waals surface area (Å²) in [5, 5.41) is 0. The predicted molar refractivity (Wildman–Crippen MR) is 14.3 cm³/mol. The van der Waals surface area contributed by atoms with Crippen LogP contribution < -0.4 is 108 Å². The second-order valence-electron chi connectivity index (χ2n) is 0.574. The molecule has 8 heavy (non-hydrogen) atoms. The molecule has 0 heterocycles. The third-order valence-corrected chi connectivity index (χ3v) is 0. The van der Waals surface area contributed by atoms with Crippen molar-refractivity contribution in [2.24, 2.45) is 0 Å². The first-order chi connectivity index (χ1) is 2.00. The third-order valence-electron chi connectivity index (χ3n) is 0. The van der Waals surface area contributed by atoms with Crippen molar-refractivity contribution in [1.82, 2.24) is 0 Å². The second kappa shape index (κ2) is 10.3. The molecule has 0 radical (unpaired) electrons. The monoisotopic (exact) mass is 190 g/mol. The summed E-state index contributed by atoms with van der Waals surface area (Å²) in [6.45, 7) is 0. The molecule has 4 N–H and O–H groups in total. The Kier molecular flexibility index (Phi) is 28.9. The molecular formula is H4K2O5Si. The molecule has 0 aliphatic carbocycles. The van der Waals surface area contributed by atoms with Crippen molar-refractivity contribution in [1.29, 1.82) is 0 Å². The maximum Gasteiger partial charge on any atom is 1.00 e. The van der Waals surface area contributed by atoms with E-state index in [0.717, 1.165) is 0 Å². The summed E-state index contributed by atoms with van der Waals surface area (Å²) >= 11 is 0. The Balaban J connectivity index is -0.0000000267. The van der Waals surface area contributed by atoms with Gasteiger partial charge in [0.2, 0.25) is 0 Å². The van der Waals surface area contributed by atoms with Gasteiger partial charge in [-0.3, -0.25) is 0 Å². The van der Waals surface area contributed by atoms with Gasteiger partial charge in [0.1, 0.15) is 0 Å². The molecule has 0 aromatic rings. The molecule has 8 heteroatoms. The van der Waals surface area contributed by atoms with Crippen molar-refractivity contribution < 1.29 is 127 Å². The van der Waals surface area contributed by atoms with E-state index in [4.69, 9.17) is 19.2 Å². The Hall–Kier alpha value is 3.29. The van der Waals surface area contributed by atoms with Crippen LogP contribution in [-0.4, -0.2) is 28.9 Å². The van der Waals surface area contributed by atoms with Crippen LogP contribution in [0.15, 0.2) is 0 Å². The first-order valence-electron chi connectivity index (χ1n) is 0.875. The molecule has 0 saturated heterocycles. The molecular weight excluding hydrogens is 186 g/mol. The van der Waals surface area contributed by atoms with Gasteiger partial charge in [0, 0.05) is 0 Å². The van der Waals surface area contributed by atoms with E-state index in [1.54, 1.807) is 0 Å². The van der Waals surface area contributed by atoms with Crippen LogP contribution in [0.1, 0.15) is 0 Å². The van der Waals surface area contributed by atoms with Crippen molar-refractivity contribution in [2.75, 3.05) is 0 Å². The minimum absolute atomic E-state index is 0. The molecule has 0 aromatic heterocycles. The fourth-order valence-electron chi connectivity index (χ4n) is 0. The average molecular weight is 190 g/mol. The molecule has 0 rings (SSSR count). The number of hydrogen-bond donors (Lipinski definition) is 3. The molecule has 0 spiro atoms. The summed E-state index contributed by atoms with van der Waals surface area (Å²) in [6, 6.07) is 0. The SMILES string of the molecule is [K+].[K+].[O-][Si](O)(O)O.[OH-]. The Morgan fingerprint density at radius 3 is 1.00 bits per heavy atom. The fraction of sp³-hybridized carbons (Fsp3) is 0. The van der Waals surface area contributed by atoms with Gasteiger partial charge in [-0.25, -0.2) is 0 Å². The van der Waals surface area contributed by atoms with E-state index in [-0.39, 0.29) is 108 Å². The standard InChI is InChI=1S/2K.H3O4Si.H2O/c;;1-5(2,3)4;/h;;1-3H;1H2/q2*+1;-1;/p-1. The van der Waals surface area contributed by atoms with E-state index in [1.165, 1.54) is 0 Å². The molecule has 40 valence electrons. The Morgan fingerprint density at radius 2 is 1.00 bits per heavy atom. The van der Waals surface area contributed by atoms with Gasteiger partial charge in [-0.05, 0) is 0 Å². The Bertz CT molecular complexity index is 25.9. The van der Waals surface area contributed by atoms with E-state index >= 15 is 0 Å². The van der Waals surface area contributed by atoms with Gasteiger partial charge in [0.05, 0.1) is 0 Å². The smallest absolute Gasteiger partial charge is 0.870 e. The van der Waals surface area contributed by atoms with E-state index in [2.05, 4.69) is 0 Å². The second-order valence-corrected chi connectivity index (χ2v) is 1.72. The van der Waals surface area contributed by atoms with Gasteiger partial charge in [-0.1, -0.05) is 0 Å². The van der Waals surface area contributed by atoms with Gasteiger partial charge in [0.25, 0.3) is 0 Å². The summed E-state index contributed by atoms with van der Waals surface area (Å²) in [7, 11) is -4.86. The summed E-state index contributed by atoms with van der Waals surface area (Å²) < 4.78 is 0. The summed E-state index contributed by atoms with van der Waals surface area (Å²) in [4.78, 5) is 30.6. The van der Waals surface area contributed by atoms with Crippen LogP contribution in [0.3, 0.4) is 0 Å². The Labute approximate surface area is 133 Å². The molecule has 0 aliphatic rings. The predicted octanol–water partition coefficient (Wildman–Crippen LogP) is -9.41. The van der Waals surface area contributed by atoms with Crippen LogP contribution in [0.25, 0.3) is 0 Å². The molecule has 0 atom stereocenters. The average Bonchev–Trinajstić information content (AvgIpc) is 0.722. The molecule has 0 amide bonds. The summed E-state index contributed by atoms with van der Waals surface area (Å²) in [6.07, 6.45) is 0. The van der Waals surface area contributed by atoms with Crippen LogP contribution in [0.2, 0.25) is 0 Å². The quantitative estimate of drug-likeness (QED) is 0.328. The van der Waals surface area contributed by atoms with Crippen molar-refractivity contribution in [3.05, 3.63) is 0 Å².